The SMILES string of the molecule is Cc1cc(Br)c(F)c(Nc2ncn(-c3cc(F)cc(F)c3)n2)c1. The molecule has 0 saturated heterocycles. The number of hydrogen-bond acceptors (Lipinski definition) is 3. The standard InChI is InChI=1S/C15H10BrF3N4/c1-8-2-12(16)14(19)13(3-8)21-15-20-7-23(22-15)11-5-9(17)4-10(18)6-11/h2-7H,1H3,(H,21,22). The maximum absolute atomic E-state index is 14.0. The van der Waals surface area contributed by atoms with Gasteiger partial charge in [-0.05, 0) is 52.7 Å². The van der Waals surface area contributed by atoms with Crippen molar-refractivity contribution in [2.24, 2.45) is 0 Å². The summed E-state index contributed by atoms with van der Waals surface area (Å²) < 4.78 is 42.0. The van der Waals surface area contributed by atoms with Crippen molar-refractivity contribution in [3.63, 3.8) is 0 Å². The van der Waals surface area contributed by atoms with Gasteiger partial charge in [0.2, 0.25) is 5.95 Å². The van der Waals surface area contributed by atoms with E-state index in [1.54, 1.807) is 12.1 Å². The van der Waals surface area contributed by atoms with Gasteiger partial charge in [-0.25, -0.2) is 17.9 Å². The van der Waals surface area contributed by atoms with Crippen molar-refractivity contribution in [1.82, 2.24) is 14.8 Å². The monoisotopic (exact) mass is 382 g/mol. The van der Waals surface area contributed by atoms with Crippen LogP contribution in [0.3, 0.4) is 0 Å². The predicted molar refractivity (Wildman–Crippen MR) is 83.4 cm³/mol. The lowest BCUT2D eigenvalue weighted by Gasteiger charge is -2.07. The summed E-state index contributed by atoms with van der Waals surface area (Å²) in [7, 11) is 0. The third-order valence-electron chi connectivity index (χ3n) is 3.02. The molecule has 2 aromatic carbocycles. The number of hydrogen-bond donors (Lipinski definition) is 1. The lowest BCUT2D eigenvalue weighted by atomic mass is 10.2. The Morgan fingerprint density at radius 3 is 2.43 bits per heavy atom. The topological polar surface area (TPSA) is 42.7 Å². The van der Waals surface area contributed by atoms with Crippen molar-refractivity contribution < 1.29 is 13.2 Å². The quantitative estimate of drug-likeness (QED) is 0.725. The van der Waals surface area contributed by atoms with Gasteiger partial charge in [-0.15, -0.1) is 5.10 Å². The van der Waals surface area contributed by atoms with E-state index in [1.807, 2.05) is 6.92 Å². The van der Waals surface area contributed by atoms with Crippen LogP contribution in [0.25, 0.3) is 5.69 Å². The molecule has 4 nitrogen and oxygen atoms in total. The second-order valence-electron chi connectivity index (χ2n) is 4.87. The van der Waals surface area contributed by atoms with E-state index in [-0.39, 0.29) is 17.3 Å². The smallest absolute Gasteiger partial charge is 0.247 e. The van der Waals surface area contributed by atoms with Gasteiger partial charge in [0.25, 0.3) is 0 Å². The Hall–Kier alpha value is -2.35. The van der Waals surface area contributed by atoms with E-state index in [2.05, 4.69) is 31.3 Å². The molecule has 0 bridgehead atoms. The van der Waals surface area contributed by atoms with Gasteiger partial charge in [0, 0.05) is 6.07 Å². The minimum atomic E-state index is -0.723. The van der Waals surface area contributed by atoms with E-state index in [0.29, 0.717) is 4.47 Å². The lowest BCUT2D eigenvalue weighted by molar-refractivity contribution is 0.580. The van der Waals surface area contributed by atoms with Crippen LogP contribution < -0.4 is 5.32 Å². The average Bonchev–Trinajstić information content (AvgIpc) is 2.92. The van der Waals surface area contributed by atoms with E-state index in [4.69, 9.17) is 0 Å². The summed E-state index contributed by atoms with van der Waals surface area (Å²) >= 11 is 3.12. The highest BCUT2D eigenvalue weighted by Crippen LogP contribution is 2.26. The molecule has 0 aliphatic heterocycles. The number of rotatable bonds is 3. The van der Waals surface area contributed by atoms with Gasteiger partial charge in [0.05, 0.1) is 15.8 Å². The van der Waals surface area contributed by atoms with Gasteiger partial charge >= 0.3 is 0 Å². The summed E-state index contributed by atoms with van der Waals surface area (Å²) in [5.41, 5.74) is 1.21. The van der Waals surface area contributed by atoms with Gasteiger partial charge in [-0.3, -0.25) is 0 Å². The first kappa shape index (κ1) is 15.5. The molecular formula is C15H10BrF3N4. The van der Waals surface area contributed by atoms with E-state index in [0.717, 1.165) is 23.8 Å². The number of benzene rings is 2. The largest absolute Gasteiger partial charge is 0.320 e. The van der Waals surface area contributed by atoms with Crippen LogP contribution in [0.5, 0.6) is 0 Å². The minimum Gasteiger partial charge on any atom is -0.320 e. The lowest BCUT2D eigenvalue weighted by Crippen LogP contribution is -2.00. The summed E-state index contributed by atoms with van der Waals surface area (Å²) in [6.07, 6.45) is 1.28. The molecule has 0 aliphatic rings. The fourth-order valence-corrected chi connectivity index (χ4v) is 2.63. The Balaban J connectivity index is 1.91. The number of nitrogens with zero attached hydrogens (tertiary/aromatic N) is 3. The summed E-state index contributed by atoms with van der Waals surface area (Å²) in [4.78, 5) is 3.96. The maximum Gasteiger partial charge on any atom is 0.247 e. The fraction of sp³-hybridized carbons (Fsp3) is 0.0667. The van der Waals surface area contributed by atoms with Crippen molar-refractivity contribution >= 4 is 27.6 Å². The molecule has 0 atom stereocenters. The Bertz CT molecular complexity index is 859. The second-order valence-corrected chi connectivity index (χ2v) is 5.73. The Morgan fingerprint density at radius 2 is 1.74 bits per heavy atom. The van der Waals surface area contributed by atoms with E-state index in [1.165, 1.54) is 11.0 Å². The zero-order valence-electron chi connectivity index (χ0n) is 11.8. The van der Waals surface area contributed by atoms with Gasteiger partial charge < -0.3 is 5.32 Å². The maximum atomic E-state index is 14.0. The molecule has 8 heteroatoms. The first-order valence-corrected chi connectivity index (χ1v) is 7.32. The molecule has 1 aromatic heterocycles. The van der Waals surface area contributed by atoms with Gasteiger partial charge in [-0.2, -0.15) is 4.98 Å². The summed E-state index contributed by atoms with van der Waals surface area (Å²) in [5, 5.41) is 6.78. The summed E-state index contributed by atoms with van der Waals surface area (Å²) in [6.45, 7) is 1.82. The van der Waals surface area contributed by atoms with Gasteiger partial charge in [0.15, 0.2) is 5.82 Å². The molecule has 0 saturated carbocycles. The Morgan fingerprint density at radius 1 is 1.04 bits per heavy atom. The number of anilines is 2. The number of halogens is 4. The zero-order valence-corrected chi connectivity index (χ0v) is 13.4. The predicted octanol–water partition coefficient (Wildman–Crippen LogP) is 4.50. The normalized spacial score (nSPS) is 10.8. The number of aromatic nitrogens is 3. The molecule has 1 N–H and O–H groups in total. The van der Waals surface area contributed by atoms with Crippen LogP contribution in [0.15, 0.2) is 41.1 Å². The molecule has 0 aliphatic carbocycles. The van der Waals surface area contributed by atoms with Gasteiger partial charge in [-0.1, -0.05) is 0 Å². The van der Waals surface area contributed by atoms with Crippen molar-refractivity contribution in [3.05, 3.63) is 64.1 Å². The molecule has 23 heavy (non-hydrogen) atoms. The van der Waals surface area contributed by atoms with Crippen LogP contribution in [0, 0.1) is 24.4 Å². The molecule has 0 amide bonds. The first-order valence-electron chi connectivity index (χ1n) is 6.53. The Labute approximate surface area is 138 Å². The Kier molecular flexibility index (Phi) is 4.08. The summed E-state index contributed by atoms with van der Waals surface area (Å²) in [5.74, 6) is -1.83. The molecular weight excluding hydrogens is 373 g/mol. The molecule has 0 spiro atoms. The van der Waals surface area contributed by atoms with Gasteiger partial charge in [0.1, 0.15) is 18.0 Å². The van der Waals surface area contributed by atoms with Crippen molar-refractivity contribution in [3.8, 4) is 5.69 Å². The van der Waals surface area contributed by atoms with Crippen LogP contribution in [-0.2, 0) is 0 Å². The van der Waals surface area contributed by atoms with Crippen LogP contribution in [-0.4, -0.2) is 14.8 Å². The molecule has 3 rings (SSSR count). The van der Waals surface area contributed by atoms with Crippen molar-refractivity contribution in [2.75, 3.05) is 5.32 Å². The van der Waals surface area contributed by atoms with E-state index >= 15 is 0 Å². The molecule has 0 unspecified atom stereocenters. The highest BCUT2D eigenvalue weighted by molar-refractivity contribution is 9.10. The molecule has 1 heterocycles. The molecule has 0 fully saturated rings. The minimum absolute atomic E-state index is 0.103. The highest BCUT2D eigenvalue weighted by Gasteiger charge is 2.11. The van der Waals surface area contributed by atoms with E-state index < -0.39 is 17.5 Å². The second kappa shape index (κ2) is 6.04. The third kappa shape index (κ3) is 3.37. The average molecular weight is 383 g/mol. The first-order chi connectivity index (χ1) is 10.9. The van der Waals surface area contributed by atoms with Crippen molar-refractivity contribution in [1.29, 1.82) is 0 Å². The number of aryl methyl sites for hydroxylation is 1. The zero-order chi connectivity index (χ0) is 16.6. The highest BCUT2D eigenvalue weighted by atomic mass is 79.9. The molecule has 3 aromatic rings. The van der Waals surface area contributed by atoms with Crippen molar-refractivity contribution in [2.45, 2.75) is 6.92 Å². The summed E-state index contributed by atoms with van der Waals surface area (Å²) in [6, 6.07) is 6.24. The van der Waals surface area contributed by atoms with Crippen LogP contribution in [0.2, 0.25) is 0 Å². The number of nitrogens with one attached hydrogen (secondary N) is 1. The third-order valence-corrected chi connectivity index (χ3v) is 3.60. The van der Waals surface area contributed by atoms with Crippen LogP contribution in [0.1, 0.15) is 5.56 Å². The van der Waals surface area contributed by atoms with Crippen LogP contribution >= 0.6 is 15.9 Å². The molecule has 0 radical (unpaired) electrons. The van der Waals surface area contributed by atoms with E-state index in [9.17, 15) is 13.2 Å². The molecule has 118 valence electrons. The fourth-order valence-electron chi connectivity index (χ4n) is 2.05. The van der Waals surface area contributed by atoms with Crippen LogP contribution in [0.4, 0.5) is 24.8 Å².